The third kappa shape index (κ3) is 2.36. The number of likely N-dealkylation sites (tertiary alicyclic amines) is 1. The molecule has 1 heterocycles. The zero-order valence-corrected chi connectivity index (χ0v) is 11.5. The number of hydrogen-bond donors (Lipinski definition) is 2. The van der Waals surface area contributed by atoms with Gasteiger partial charge in [-0.05, 0) is 25.7 Å². The third-order valence-corrected chi connectivity index (χ3v) is 4.46. The molecule has 0 aromatic heterocycles. The lowest BCUT2D eigenvalue weighted by atomic mass is 9.84. The van der Waals surface area contributed by atoms with Gasteiger partial charge in [-0.2, -0.15) is 0 Å². The number of carbonyl (C=O) groups excluding carboxylic acids is 1. The van der Waals surface area contributed by atoms with Crippen LogP contribution in [0.4, 0.5) is 0 Å². The van der Waals surface area contributed by atoms with Crippen molar-refractivity contribution in [2.75, 3.05) is 13.1 Å². The van der Waals surface area contributed by atoms with Crippen molar-refractivity contribution in [2.24, 2.45) is 11.1 Å². The van der Waals surface area contributed by atoms with Crippen LogP contribution >= 0.6 is 0 Å². The first-order valence-electron chi connectivity index (χ1n) is 6.67. The predicted octanol–water partition coefficient (Wildman–Crippen LogP) is 1.22. The lowest BCUT2D eigenvalue weighted by Gasteiger charge is -2.31. The number of hydrogen-bond acceptors (Lipinski definition) is 3. The molecular weight excluding hydrogens is 232 g/mol. The van der Waals surface area contributed by atoms with Crippen LogP contribution in [0, 0.1) is 5.41 Å². The monoisotopic (exact) mass is 256 g/mol. The number of carboxylic acids is 1. The second-order valence-corrected chi connectivity index (χ2v) is 5.28. The minimum Gasteiger partial charge on any atom is -0.481 e. The molecule has 1 rings (SSSR count). The van der Waals surface area contributed by atoms with Gasteiger partial charge in [0.25, 0.3) is 0 Å². The molecule has 1 atom stereocenters. The molecule has 5 nitrogen and oxygen atoms in total. The summed E-state index contributed by atoms with van der Waals surface area (Å²) < 4.78 is 0. The molecule has 1 amide bonds. The van der Waals surface area contributed by atoms with Crippen LogP contribution in [-0.4, -0.2) is 40.5 Å². The van der Waals surface area contributed by atoms with Crippen LogP contribution in [-0.2, 0) is 9.59 Å². The van der Waals surface area contributed by atoms with Gasteiger partial charge in [-0.1, -0.05) is 20.8 Å². The first-order chi connectivity index (χ1) is 8.35. The van der Waals surface area contributed by atoms with Gasteiger partial charge in [-0.3, -0.25) is 9.59 Å². The molecular formula is C13H24N2O3. The van der Waals surface area contributed by atoms with Crippen LogP contribution in [0.2, 0.25) is 0 Å². The fourth-order valence-corrected chi connectivity index (χ4v) is 2.53. The minimum atomic E-state index is -0.845. The highest BCUT2D eigenvalue weighted by atomic mass is 16.4. The molecule has 104 valence electrons. The lowest BCUT2D eigenvalue weighted by Crippen LogP contribution is -2.54. The molecule has 1 aliphatic heterocycles. The van der Waals surface area contributed by atoms with Crippen molar-refractivity contribution in [1.82, 2.24) is 4.90 Å². The van der Waals surface area contributed by atoms with Crippen LogP contribution in [0.25, 0.3) is 0 Å². The number of rotatable bonds is 5. The quantitative estimate of drug-likeness (QED) is 0.774. The Kier molecular flexibility index (Phi) is 4.37. The van der Waals surface area contributed by atoms with E-state index in [1.165, 1.54) is 0 Å². The van der Waals surface area contributed by atoms with E-state index in [1.807, 2.05) is 20.8 Å². The highest BCUT2D eigenvalue weighted by Gasteiger charge is 2.47. The summed E-state index contributed by atoms with van der Waals surface area (Å²) in [7, 11) is 0. The normalized spacial score (nSPS) is 24.3. The molecule has 1 unspecified atom stereocenters. The average Bonchev–Trinajstić information content (AvgIpc) is 2.82. The SMILES string of the molecule is CCC(N)(CC)C(=O)N1CCC(CC)(C(=O)O)C1. The van der Waals surface area contributed by atoms with Crippen molar-refractivity contribution < 1.29 is 14.7 Å². The molecule has 3 N–H and O–H groups in total. The van der Waals surface area contributed by atoms with Crippen LogP contribution in [0.5, 0.6) is 0 Å². The number of nitrogens with zero attached hydrogens (tertiary/aromatic N) is 1. The maximum Gasteiger partial charge on any atom is 0.311 e. The van der Waals surface area contributed by atoms with Crippen molar-refractivity contribution in [3.05, 3.63) is 0 Å². The number of carbonyl (C=O) groups is 2. The molecule has 1 aliphatic rings. The summed E-state index contributed by atoms with van der Waals surface area (Å²) in [6.45, 7) is 6.43. The molecule has 0 bridgehead atoms. The van der Waals surface area contributed by atoms with E-state index in [2.05, 4.69) is 0 Å². The van der Waals surface area contributed by atoms with Gasteiger partial charge in [0.2, 0.25) is 5.91 Å². The number of aliphatic carboxylic acids is 1. The van der Waals surface area contributed by atoms with Gasteiger partial charge in [-0.15, -0.1) is 0 Å². The third-order valence-electron chi connectivity index (χ3n) is 4.46. The Balaban J connectivity index is 2.84. The van der Waals surface area contributed by atoms with Crippen molar-refractivity contribution in [1.29, 1.82) is 0 Å². The Hall–Kier alpha value is -1.10. The standard InChI is InChI=1S/C13H24N2O3/c1-4-12(11(17)18)7-8-15(9-12)10(16)13(14,5-2)6-3/h4-9,14H2,1-3H3,(H,17,18). The van der Waals surface area contributed by atoms with Crippen LogP contribution in [0.15, 0.2) is 0 Å². The van der Waals surface area contributed by atoms with E-state index >= 15 is 0 Å². The smallest absolute Gasteiger partial charge is 0.311 e. The van der Waals surface area contributed by atoms with Gasteiger partial charge < -0.3 is 15.7 Å². The number of nitrogens with two attached hydrogens (primary N) is 1. The Labute approximate surface area is 108 Å². The fraction of sp³-hybridized carbons (Fsp3) is 0.846. The van der Waals surface area contributed by atoms with E-state index in [0.29, 0.717) is 32.2 Å². The minimum absolute atomic E-state index is 0.107. The van der Waals surface area contributed by atoms with Crippen LogP contribution < -0.4 is 5.73 Å². The summed E-state index contributed by atoms with van der Waals surface area (Å²) in [6.07, 6.45) is 2.21. The molecule has 1 fully saturated rings. The van der Waals surface area contributed by atoms with E-state index in [0.717, 1.165) is 0 Å². The Morgan fingerprint density at radius 3 is 2.22 bits per heavy atom. The summed E-state index contributed by atoms with van der Waals surface area (Å²) in [5.41, 5.74) is 4.46. The van der Waals surface area contributed by atoms with Crippen molar-refractivity contribution in [3.63, 3.8) is 0 Å². The zero-order valence-electron chi connectivity index (χ0n) is 11.5. The van der Waals surface area contributed by atoms with E-state index in [9.17, 15) is 14.7 Å². The molecule has 0 spiro atoms. The summed E-state index contributed by atoms with van der Waals surface area (Å²) in [5, 5.41) is 9.31. The van der Waals surface area contributed by atoms with Gasteiger partial charge in [0.1, 0.15) is 0 Å². The van der Waals surface area contributed by atoms with Crippen molar-refractivity contribution in [2.45, 2.75) is 52.0 Å². The van der Waals surface area contributed by atoms with Crippen LogP contribution in [0.3, 0.4) is 0 Å². The van der Waals surface area contributed by atoms with Gasteiger partial charge in [0.15, 0.2) is 0 Å². The maximum atomic E-state index is 12.4. The molecule has 0 saturated carbocycles. The Bertz CT molecular complexity index is 339. The second-order valence-electron chi connectivity index (χ2n) is 5.28. The molecule has 0 aromatic carbocycles. The second kappa shape index (κ2) is 5.26. The summed E-state index contributed by atoms with van der Waals surface area (Å²) >= 11 is 0. The summed E-state index contributed by atoms with van der Waals surface area (Å²) in [5.74, 6) is -0.917. The van der Waals surface area contributed by atoms with Gasteiger partial charge in [-0.25, -0.2) is 0 Å². The van der Waals surface area contributed by atoms with Crippen molar-refractivity contribution >= 4 is 11.9 Å². The highest BCUT2D eigenvalue weighted by molar-refractivity contribution is 5.87. The van der Waals surface area contributed by atoms with E-state index in [4.69, 9.17) is 5.73 Å². The van der Waals surface area contributed by atoms with E-state index in [-0.39, 0.29) is 12.5 Å². The summed E-state index contributed by atoms with van der Waals surface area (Å²) in [6, 6.07) is 0. The lowest BCUT2D eigenvalue weighted by molar-refractivity contribution is -0.149. The Morgan fingerprint density at radius 2 is 1.89 bits per heavy atom. The van der Waals surface area contributed by atoms with Gasteiger partial charge in [0.05, 0.1) is 11.0 Å². The first-order valence-corrected chi connectivity index (χ1v) is 6.67. The largest absolute Gasteiger partial charge is 0.481 e. The average molecular weight is 256 g/mol. The molecule has 0 radical (unpaired) electrons. The van der Waals surface area contributed by atoms with Gasteiger partial charge in [0, 0.05) is 13.1 Å². The first kappa shape index (κ1) is 15.0. The zero-order chi connectivity index (χ0) is 14.0. The highest BCUT2D eigenvalue weighted by Crippen LogP contribution is 2.35. The van der Waals surface area contributed by atoms with E-state index < -0.39 is 16.9 Å². The molecule has 0 aliphatic carbocycles. The predicted molar refractivity (Wildman–Crippen MR) is 69.1 cm³/mol. The van der Waals surface area contributed by atoms with Gasteiger partial charge >= 0.3 is 5.97 Å². The molecule has 0 aromatic rings. The van der Waals surface area contributed by atoms with Crippen LogP contribution in [0.1, 0.15) is 46.5 Å². The maximum absolute atomic E-state index is 12.4. The van der Waals surface area contributed by atoms with E-state index in [1.54, 1.807) is 4.90 Å². The molecule has 18 heavy (non-hydrogen) atoms. The number of amides is 1. The molecule has 5 heteroatoms. The topological polar surface area (TPSA) is 83.6 Å². The Morgan fingerprint density at radius 1 is 1.33 bits per heavy atom. The van der Waals surface area contributed by atoms with Crippen molar-refractivity contribution in [3.8, 4) is 0 Å². The molecule has 1 saturated heterocycles. The number of carboxylic acid groups (broad SMARTS) is 1. The summed E-state index contributed by atoms with van der Waals surface area (Å²) in [4.78, 5) is 25.3. The fourth-order valence-electron chi connectivity index (χ4n) is 2.53.